The number of H-pyrrole nitrogens is 1. The second-order valence-corrected chi connectivity index (χ2v) is 17.2. The van der Waals surface area contributed by atoms with E-state index in [0.717, 1.165) is 0 Å². The first-order chi connectivity index (χ1) is 21.4. The average Bonchev–Trinajstić information content (AvgIpc) is 3.51. The number of nitrogens with two attached hydrogens (primary N) is 2. The van der Waals surface area contributed by atoms with E-state index in [0.29, 0.717) is 24.0 Å². The summed E-state index contributed by atoms with van der Waals surface area (Å²) in [7, 11) is -4.68. The average molecular weight is 681 g/mol. The Bertz CT molecular complexity index is 2080. The molecule has 3 aliphatic heterocycles. The molecule has 45 heavy (non-hydrogen) atoms. The smallest absolute Gasteiger partial charge is 0.382 e. The highest BCUT2D eigenvalue weighted by Crippen LogP contribution is 2.77. The first kappa shape index (κ1) is 28.3. The van der Waals surface area contributed by atoms with E-state index in [2.05, 4.69) is 29.9 Å². The molecule has 0 spiro atoms. The van der Waals surface area contributed by atoms with Crippen LogP contribution in [0.4, 0.5) is 11.8 Å². The number of phosphoric acid groups is 1. The van der Waals surface area contributed by atoms with Gasteiger partial charge in [-0.2, -0.15) is 4.98 Å². The maximum absolute atomic E-state index is 13.5. The Morgan fingerprint density at radius 2 is 1.82 bits per heavy atom. The quantitative estimate of drug-likeness (QED) is 0.174. The third kappa shape index (κ3) is 4.01. The highest BCUT2D eigenvalue weighted by Gasteiger charge is 2.71. The molecule has 5 fully saturated rings. The van der Waals surface area contributed by atoms with E-state index in [1.54, 1.807) is 9.13 Å². The molecule has 10 atom stereocenters. The van der Waals surface area contributed by atoms with Crippen LogP contribution in [0.3, 0.4) is 0 Å². The van der Waals surface area contributed by atoms with Gasteiger partial charge in [-0.15, -0.1) is 0 Å². The Morgan fingerprint density at radius 3 is 2.67 bits per heavy atom. The molecule has 3 unspecified atom stereocenters. The van der Waals surface area contributed by atoms with E-state index in [1.165, 1.54) is 19.0 Å². The van der Waals surface area contributed by atoms with E-state index in [-0.39, 0.29) is 48.7 Å². The van der Waals surface area contributed by atoms with Gasteiger partial charge in [0.1, 0.15) is 29.7 Å². The second kappa shape index (κ2) is 9.13. The third-order valence-electron chi connectivity index (χ3n) is 9.75. The fourth-order valence-electron chi connectivity index (χ4n) is 7.62. The number of nitrogens with one attached hydrogen (secondary N) is 1. The molecule has 4 aromatic heterocycles. The maximum atomic E-state index is 13.5. The number of aromatic amines is 1. The number of fused-ring (bicyclic) bond motifs is 2. The minimum Gasteiger partial charge on any atom is -0.382 e. The van der Waals surface area contributed by atoms with Crippen molar-refractivity contribution >= 4 is 60.2 Å². The Morgan fingerprint density at radius 1 is 1.02 bits per heavy atom. The molecule has 2 aliphatic carbocycles. The topological polar surface area (TPSA) is 263 Å². The van der Waals surface area contributed by atoms with Crippen molar-refractivity contribution in [2.24, 2.45) is 11.3 Å². The summed E-state index contributed by atoms with van der Waals surface area (Å²) in [6, 6.07) is -0.526. The van der Waals surface area contributed by atoms with Gasteiger partial charge in [-0.25, -0.2) is 24.5 Å². The Labute approximate surface area is 257 Å². The van der Waals surface area contributed by atoms with Crippen molar-refractivity contribution in [3.05, 3.63) is 29.3 Å². The van der Waals surface area contributed by atoms with E-state index in [9.17, 15) is 19.1 Å². The van der Waals surface area contributed by atoms with Gasteiger partial charge < -0.3 is 39.8 Å². The largest absolute Gasteiger partial charge is 0.472 e. The number of anilines is 2. The van der Waals surface area contributed by atoms with Gasteiger partial charge in [0.2, 0.25) is 5.95 Å². The van der Waals surface area contributed by atoms with Gasteiger partial charge in [0.25, 0.3) is 5.56 Å². The van der Waals surface area contributed by atoms with Gasteiger partial charge in [0, 0.05) is 11.5 Å². The van der Waals surface area contributed by atoms with E-state index in [4.69, 9.17) is 46.3 Å². The molecule has 4 aromatic rings. The van der Waals surface area contributed by atoms with Crippen molar-refractivity contribution in [1.29, 1.82) is 0 Å². The van der Waals surface area contributed by atoms with Crippen LogP contribution in [0.1, 0.15) is 25.1 Å². The summed E-state index contributed by atoms with van der Waals surface area (Å²) in [5, 5.41) is 0. The highest BCUT2D eigenvalue weighted by atomic mass is 32.5. The van der Waals surface area contributed by atoms with Crippen LogP contribution in [0, 0.1) is 11.3 Å². The Kier molecular flexibility index (Phi) is 5.75. The molecule has 0 radical (unpaired) electrons. The highest BCUT2D eigenvalue weighted by molar-refractivity contribution is 8.09. The third-order valence-corrected chi connectivity index (χ3v) is 13.7. The Hall–Kier alpha value is -2.90. The zero-order chi connectivity index (χ0) is 31.1. The number of hydrogen-bond donors (Lipinski definition) is 5. The minimum absolute atomic E-state index is 0.0764. The van der Waals surface area contributed by atoms with Gasteiger partial charge in [0.05, 0.1) is 38.1 Å². The predicted octanol–water partition coefficient (Wildman–Crippen LogP) is -0.0558. The molecule has 0 amide bonds. The summed E-state index contributed by atoms with van der Waals surface area (Å²) in [5.74, 6) is -0.142. The van der Waals surface area contributed by atoms with E-state index >= 15 is 0 Å². The standard InChI is InChI=1S/C23H26N10O9P2S/c24-16-11-17(27-6-26-16)33(8-28-11)20-13-15-23(41-20,4-38-13)5-39-43(35,45)14-9-1-22(9,3-40-44(36,37)42-15)2-10(14)32-7-29-12-18(32)30-21(25)31-19(12)34/h6-10,13-15,20H,1-5H2,(H,35,45)(H,36,37)(H2,24,26,27)(H3,25,30,31,34)/t9?,10-,13-,14-,15+,20-,22-,23-,43?/m1/s1. The van der Waals surface area contributed by atoms with Crippen molar-refractivity contribution < 1.29 is 37.4 Å². The van der Waals surface area contributed by atoms with Crippen LogP contribution in [0.25, 0.3) is 22.3 Å². The summed E-state index contributed by atoms with van der Waals surface area (Å²) in [6.07, 6.45) is 2.18. The lowest BCUT2D eigenvalue weighted by Gasteiger charge is -2.35. The number of imidazole rings is 2. The minimum atomic E-state index is -4.68. The van der Waals surface area contributed by atoms with Crippen LogP contribution in [0.15, 0.2) is 23.8 Å². The molecule has 22 heteroatoms. The van der Waals surface area contributed by atoms with Gasteiger partial charge in [-0.3, -0.25) is 23.4 Å². The van der Waals surface area contributed by atoms with Crippen molar-refractivity contribution in [2.75, 3.05) is 31.3 Å². The molecule has 7 heterocycles. The van der Waals surface area contributed by atoms with Gasteiger partial charge in [0.15, 0.2) is 35.3 Å². The van der Waals surface area contributed by atoms with Crippen molar-refractivity contribution in [3.8, 4) is 0 Å². The summed E-state index contributed by atoms with van der Waals surface area (Å²) >= 11 is 5.87. The first-order valence-electron chi connectivity index (χ1n) is 14.0. The van der Waals surface area contributed by atoms with E-state index < -0.39 is 61.0 Å². The van der Waals surface area contributed by atoms with Crippen molar-refractivity contribution in [2.45, 2.75) is 48.6 Å². The summed E-state index contributed by atoms with van der Waals surface area (Å²) in [5.41, 5.74) is 9.60. The maximum Gasteiger partial charge on any atom is 0.472 e. The zero-order valence-electron chi connectivity index (χ0n) is 23.1. The lowest BCUT2D eigenvalue weighted by atomic mass is 10.0. The molecule has 238 valence electrons. The predicted molar refractivity (Wildman–Crippen MR) is 156 cm³/mol. The van der Waals surface area contributed by atoms with Crippen LogP contribution in [-0.2, 0) is 39.4 Å². The van der Waals surface area contributed by atoms with Gasteiger partial charge in [-0.1, -0.05) is 0 Å². The summed E-state index contributed by atoms with van der Waals surface area (Å²) in [6.45, 7) is -4.21. The molecule has 5 aliphatic rings. The normalized spacial score (nSPS) is 42.4. The number of hydrogen-bond acceptors (Lipinski definition) is 15. The fourth-order valence-corrected chi connectivity index (χ4v) is 11.9. The summed E-state index contributed by atoms with van der Waals surface area (Å²) in [4.78, 5) is 58.9. The molecule has 3 saturated heterocycles. The monoisotopic (exact) mass is 680 g/mol. The molecule has 7 N–H and O–H groups in total. The fraction of sp³-hybridized carbons (Fsp3) is 0.565. The number of phosphoric ester groups is 1. The van der Waals surface area contributed by atoms with Crippen LogP contribution < -0.4 is 17.0 Å². The van der Waals surface area contributed by atoms with Crippen molar-refractivity contribution in [1.82, 2.24) is 39.0 Å². The second-order valence-electron chi connectivity index (χ2n) is 12.2. The van der Waals surface area contributed by atoms with Crippen LogP contribution in [0.2, 0.25) is 0 Å². The van der Waals surface area contributed by atoms with E-state index in [1.807, 2.05) is 0 Å². The molecule has 9 rings (SSSR count). The molecule has 19 nitrogen and oxygen atoms in total. The lowest BCUT2D eigenvalue weighted by molar-refractivity contribution is -0.182. The SMILES string of the molecule is Nc1nc2c(ncn2[C@@H]2C[C@]34COP(=O)(O)O[C@H]5[C@H]6OC[C@]5(COP(O)(=S)[C@@H]2C3C4)O[C@H]6n2cnc3c(N)ncnc32)c(=O)[nH]1. The van der Waals surface area contributed by atoms with Crippen LogP contribution in [0.5, 0.6) is 0 Å². The number of aromatic nitrogens is 8. The Balaban J connectivity index is 1.11. The van der Waals surface area contributed by atoms with Crippen molar-refractivity contribution in [3.63, 3.8) is 0 Å². The van der Waals surface area contributed by atoms with Crippen LogP contribution >= 0.6 is 14.3 Å². The molecule has 4 bridgehead atoms. The number of nitrogens with zero attached hydrogens (tertiary/aromatic N) is 7. The summed E-state index contributed by atoms with van der Waals surface area (Å²) < 4.78 is 46.9. The van der Waals surface area contributed by atoms with Gasteiger partial charge >= 0.3 is 7.82 Å². The molecule has 2 saturated carbocycles. The number of nitrogen functional groups attached to an aromatic ring is 2. The first-order valence-corrected chi connectivity index (χ1v) is 18.2. The number of ether oxygens (including phenoxy) is 2. The molecular formula is C23H26N10O9P2S. The molecular weight excluding hydrogens is 654 g/mol. The van der Waals surface area contributed by atoms with Crippen LogP contribution in [-0.4, -0.2) is 92.1 Å². The zero-order valence-corrected chi connectivity index (χ0v) is 25.7. The molecule has 0 aromatic carbocycles. The van der Waals surface area contributed by atoms with Gasteiger partial charge in [-0.05, 0) is 30.6 Å². The lowest BCUT2D eigenvalue weighted by Crippen LogP contribution is -2.46. The number of rotatable bonds is 2.